The van der Waals surface area contributed by atoms with Crippen LogP contribution in [0.2, 0.25) is 5.02 Å². The second-order valence-electron chi connectivity index (χ2n) is 4.87. The van der Waals surface area contributed by atoms with Gasteiger partial charge in [-0.15, -0.1) is 0 Å². The highest BCUT2D eigenvalue weighted by atomic mass is 35.5. The van der Waals surface area contributed by atoms with E-state index in [1.807, 2.05) is 0 Å². The van der Waals surface area contributed by atoms with Crippen molar-refractivity contribution >= 4 is 46.0 Å². The van der Waals surface area contributed by atoms with E-state index in [4.69, 9.17) is 17.3 Å². The summed E-state index contributed by atoms with van der Waals surface area (Å²) >= 11 is 7.23. The van der Waals surface area contributed by atoms with Crippen LogP contribution in [0.4, 0.5) is 5.69 Å². The van der Waals surface area contributed by atoms with E-state index in [-0.39, 0.29) is 5.91 Å². The molecule has 1 aliphatic carbocycles. The van der Waals surface area contributed by atoms with Gasteiger partial charge in [-0.25, -0.2) is 0 Å². The standard InChI is InChI=1S/C12H13ClN4OS/c13-7-3-4-8-10(17-19-16-8)9(7)15-11(18)12(14)5-1-2-6-12/h3-4H,1-2,5-6,14H2,(H,15,18). The first kappa shape index (κ1) is 12.8. The predicted molar refractivity (Wildman–Crippen MR) is 76.4 cm³/mol. The van der Waals surface area contributed by atoms with Crippen LogP contribution in [0.3, 0.4) is 0 Å². The molecule has 0 spiro atoms. The van der Waals surface area contributed by atoms with E-state index in [2.05, 4.69) is 14.1 Å². The third kappa shape index (κ3) is 2.20. The summed E-state index contributed by atoms with van der Waals surface area (Å²) in [4.78, 5) is 12.3. The van der Waals surface area contributed by atoms with Gasteiger partial charge in [0.05, 0.1) is 28.0 Å². The van der Waals surface area contributed by atoms with Gasteiger partial charge in [-0.2, -0.15) is 8.75 Å². The van der Waals surface area contributed by atoms with Gasteiger partial charge in [0.1, 0.15) is 11.0 Å². The molecule has 1 aromatic heterocycles. The molecule has 100 valence electrons. The molecule has 19 heavy (non-hydrogen) atoms. The van der Waals surface area contributed by atoms with Crippen LogP contribution in [-0.2, 0) is 4.79 Å². The van der Waals surface area contributed by atoms with E-state index in [9.17, 15) is 4.79 Å². The van der Waals surface area contributed by atoms with Crippen LogP contribution < -0.4 is 11.1 Å². The predicted octanol–water partition coefficient (Wildman–Crippen LogP) is 2.55. The molecule has 5 nitrogen and oxygen atoms in total. The molecule has 0 bridgehead atoms. The van der Waals surface area contributed by atoms with E-state index in [1.54, 1.807) is 12.1 Å². The number of nitrogens with zero attached hydrogens (tertiary/aromatic N) is 2. The number of hydrogen-bond acceptors (Lipinski definition) is 5. The van der Waals surface area contributed by atoms with Gasteiger partial charge in [-0.3, -0.25) is 4.79 Å². The molecule has 0 atom stereocenters. The highest BCUT2D eigenvalue weighted by Crippen LogP contribution is 2.33. The number of nitrogens with one attached hydrogen (secondary N) is 1. The Morgan fingerprint density at radius 2 is 2.11 bits per heavy atom. The zero-order valence-corrected chi connectivity index (χ0v) is 11.7. The Balaban J connectivity index is 1.95. The number of fused-ring (bicyclic) bond motifs is 1. The first-order chi connectivity index (χ1) is 9.10. The Bertz CT molecular complexity index is 636. The van der Waals surface area contributed by atoms with Gasteiger partial charge >= 0.3 is 0 Å². The lowest BCUT2D eigenvalue weighted by Crippen LogP contribution is -2.48. The summed E-state index contributed by atoms with van der Waals surface area (Å²) in [6, 6.07) is 3.49. The van der Waals surface area contributed by atoms with Gasteiger partial charge in [0.15, 0.2) is 0 Å². The largest absolute Gasteiger partial charge is 0.321 e. The normalized spacial score (nSPS) is 17.8. The fraction of sp³-hybridized carbons (Fsp3) is 0.417. The molecule has 3 rings (SSSR count). The maximum Gasteiger partial charge on any atom is 0.244 e. The minimum atomic E-state index is -0.783. The van der Waals surface area contributed by atoms with Crippen molar-refractivity contribution in [1.82, 2.24) is 8.75 Å². The summed E-state index contributed by atoms with van der Waals surface area (Å²) in [6.07, 6.45) is 3.39. The number of nitrogens with two attached hydrogens (primary N) is 1. The number of aromatic nitrogens is 2. The van der Waals surface area contributed by atoms with Crippen molar-refractivity contribution in [2.75, 3.05) is 5.32 Å². The van der Waals surface area contributed by atoms with E-state index in [0.717, 1.165) is 30.1 Å². The monoisotopic (exact) mass is 296 g/mol. The van der Waals surface area contributed by atoms with E-state index < -0.39 is 5.54 Å². The molecule has 7 heteroatoms. The molecule has 2 aromatic rings. The lowest BCUT2D eigenvalue weighted by molar-refractivity contribution is -0.120. The lowest BCUT2D eigenvalue weighted by Gasteiger charge is -2.22. The molecule has 1 aromatic carbocycles. The van der Waals surface area contributed by atoms with Crippen molar-refractivity contribution in [1.29, 1.82) is 0 Å². The van der Waals surface area contributed by atoms with Crippen LogP contribution in [-0.4, -0.2) is 20.2 Å². The zero-order chi connectivity index (χ0) is 13.5. The summed E-state index contributed by atoms with van der Waals surface area (Å²) in [5, 5.41) is 3.28. The van der Waals surface area contributed by atoms with Gasteiger partial charge in [-0.1, -0.05) is 24.4 Å². The first-order valence-electron chi connectivity index (χ1n) is 6.11. The molecule has 3 N–H and O–H groups in total. The summed E-state index contributed by atoms with van der Waals surface area (Å²) in [7, 11) is 0. The number of hydrogen-bond donors (Lipinski definition) is 2. The van der Waals surface area contributed by atoms with Crippen molar-refractivity contribution in [3.05, 3.63) is 17.2 Å². The maximum atomic E-state index is 12.3. The molecule has 0 unspecified atom stereocenters. The number of rotatable bonds is 2. The Morgan fingerprint density at radius 1 is 1.37 bits per heavy atom. The van der Waals surface area contributed by atoms with Gasteiger partial charge < -0.3 is 11.1 Å². The number of halogens is 1. The number of carbonyl (C=O) groups is 1. The minimum Gasteiger partial charge on any atom is -0.321 e. The van der Waals surface area contributed by atoms with Crippen molar-refractivity contribution in [2.24, 2.45) is 5.73 Å². The average Bonchev–Trinajstić information content (AvgIpc) is 3.02. The zero-order valence-electron chi connectivity index (χ0n) is 10.1. The molecule has 1 amide bonds. The Hall–Kier alpha value is -1.24. The quantitative estimate of drug-likeness (QED) is 0.892. The molecule has 1 heterocycles. The molecule has 1 fully saturated rings. The number of benzene rings is 1. The van der Waals surface area contributed by atoms with E-state index >= 15 is 0 Å². The topological polar surface area (TPSA) is 80.9 Å². The second-order valence-corrected chi connectivity index (χ2v) is 5.81. The van der Waals surface area contributed by atoms with Crippen LogP contribution in [0, 0.1) is 0 Å². The second kappa shape index (κ2) is 4.70. The van der Waals surface area contributed by atoms with Gasteiger partial charge in [0.2, 0.25) is 5.91 Å². The van der Waals surface area contributed by atoms with Gasteiger partial charge in [0, 0.05) is 0 Å². The van der Waals surface area contributed by atoms with Crippen molar-refractivity contribution in [3.8, 4) is 0 Å². The molecular weight excluding hydrogens is 284 g/mol. The fourth-order valence-corrected chi connectivity index (χ4v) is 3.16. The third-order valence-corrected chi connectivity index (χ3v) is 4.42. The first-order valence-corrected chi connectivity index (χ1v) is 7.22. The Morgan fingerprint density at radius 3 is 2.84 bits per heavy atom. The number of anilines is 1. The SMILES string of the molecule is NC1(C(=O)Nc2c(Cl)ccc3nsnc23)CCCC1. The summed E-state index contributed by atoms with van der Waals surface area (Å²) in [6.45, 7) is 0. The van der Waals surface area contributed by atoms with Crippen LogP contribution >= 0.6 is 23.3 Å². The molecule has 0 aliphatic heterocycles. The summed E-state index contributed by atoms with van der Waals surface area (Å²) in [5.74, 6) is -0.188. The molecule has 0 saturated heterocycles. The van der Waals surface area contributed by atoms with Crippen LogP contribution in [0.25, 0.3) is 11.0 Å². The third-order valence-electron chi connectivity index (χ3n) is 3.56. The van der Waals surface area contributed by atoms with Gasteiger partial charge in [0.25, 0.3) is 0 Å². The number of carbonyl (C=O) groups excluding carboxylic acids is 1. The molecular formula is C12H13ClN4OS. The smallest absolute Gasteiger partial charge is 0.244 e. The lowest BCUT2D eigenvalue weighted by atomic mass is 9.98. The molecule has 0 radical (unpaired) electrons. The highest BCUT2D eigenvalue weighted by Gasteiger charge is 2.37. The summed E-state index contributed by atoms with van der Waals surface area (Å²) in [5.41, 5.74) is 7.20. The minimum absolute atomic E-state index is 0.188. The van der Waals surface area contributed by atoms with Crippen LogP contribution in [0.1, 0.15) is 25.7 Å². The molecule has 1 saturated carbocycles. The summed E-state index contributed by atoms with van der Waals surface area (Å²) < 4.78 is 8.30. The van der Waals surface area contributed by atoms with Crippen molar-refractivity contribution in [3.63, 3.8) is 0 Å². The van der Waals surface area contributed by atoms with Crippen LogP contribution in [0.5, 0.6) is 0 Å². The van der Waals surface area contributed by atoms with Crippen molar-refractivity contribution in [2.45, 2.75) is 31.2 Å². The van der Waals surface area contributed by atoms with Gasteiger partial charge in [-0.05, 0) is 25.0 Å². The average molecular weight is 297 g/mol. The van der Waals surface area contributed by atoms with Crippen LogP contribution in [0.15, 0.2) is 12.1 Å². The molecule has 1 aliphatic rings. The maximum absolute atomic E-state index is 12.3. The van der Waals surface area contributed by atoms with Crippen molar-refractivity contribution < 1.29 is 4.79 Å². The highest BCUT2D eigenvalue weighted by molar-refractivity contribution is 7.00. The Labute approximate surface area is 119 Å². The fourth-order valence-electron chi connectivity index (χ4n) is 2.42. The number of amides is 1. The Kier molecular flexibility index (Phi) is 3.16. The van der Waals surface area contributed by atoms with E-state index in [1.165, 1.54) is 0 Å². The van der Waals surface area contributed by atoms with E-state index in [0.29, 0.717) is 29.1 Å².